The molecule has 0 aliphatic rings. The molecule has 0 bridgehead atoms. The van der Waals surface area contributed by atoms with E-state index in [1.165, 1.54) is 0 Å². The number of carbonyl (C=O) groups is 2. The molecule has 1 atom stereocenters. The van der Waals surface area contributed by atoms with E-state index < -0.39 is 6.04 Å². The van der Waals surface area contributed by atoms with Crippen LogP contribution < -0.4 is 19.5 Å². The normalized spacial score (nSPS) is 11.3. The quantitative estimate of drug-likeness (QED) is 0.612. The van der Waals surface area contributed by atoms with Crippen molar-refractivity contribution in [2.75, 3.05) is 34.4 Å². The molecule has 0 saturated carbocycles. The first kappa shape index (κ1) is 23.1. The zero-order valence-electron chi connectivity index (χ0n) is 18.0. The van der Waals surface area contributed by atoms with E-state index in [1.54, 1.807) is 44.4 Å². The van der Waals surface area contributed by atoms with Crippen molar-refractivity contribution >= 4 is 11.8 Å². The maximum atomic E-state index is 13.0. The molecule has 0 aromatic heterocycles. The van der Waals surface area contributed by atoms with E-state index in [2.05, 4.69) is 5.32 Å². The van der Waals surface area contributed by atoms with Crippen LogP contribution in [0.5, 0.6) is 17.2 Å². The molecule has 7 heteroatoms. The average Bonchev–Trinajstić information content (AvgIpc) is 2.80. The standard InChI is InChI=1S/C23H30N2O5/c1-5-21(23(27)24-2)25(12-11-17-9-7-6-8-10-17)22(26)16-30-20-14-18(28-3)13-19(15-20)29-4/h6-10,13-15,21H,5,11-12,16H2,1-4H3,(H,24,27). The molecular formula is C23H30N2O5. The molecule has 2 aromatic carbocycles. The van der Waals surface area contributed by atoms with E-state index in [0.717, 1.165) is 5.56 Å². The first-order valence-electron chi connectivity index (χ1n) is 9.93. The predicted octanol–water partition coefficient (Wildman–Crippen LogP) is 2.68. The summed E-state index contributed by atoms with van der Waals surface area (Å²) in [5.74, 6) is 1.13. The van der Waals surface area contributed by atoms with Crippen molar-refractivity contribution in [3.63, 3.8) is 0 Å². The van der Waals surface area contributed by atoms with Gasteiger partial charge in [-0.1, -0.05) is 37.3 Å². The molecule has 0 saturated heterocycles. The fourth-order valence-electron chi connectivity index (χ4n) is 3.16. The van der Waals surface area contributed by atoms with Gasteiger partial charge in [0, 0.05) is 31.8 Å². The second-order valence-electron chi connectivity index (χ2n) is 6.70. The molecule has 2 aromatic rings. The molecular weight excluding hydrogens is 384 g/mol. The van der Waals surface area contributed by atoms with Gasteiger partial charge in [0.2, 0.25) is 5.91 Å². The fourth-order valence-corrected chi connectivity index (χ4v) is 3.16. The van der Waals surface area contributed by atoms with Gasteiger partial charge in [0.25, 0.3) is 5.91 Å². The van der Waals surface area contributed by atoms with Crippen molar-refractivity contribution in [2.24, 2.45) is 0 Å². The number of amides is 2. The van der Waals surface area contributed by atoms with Crippen LogP contribution in [0.1, 0.15) is 18.9 Å². The highest BCUT2D eigenvalue weighted by Gasteiger charge is 2.28. The molecule has 1 unspecified atom stereocenters. The van der Waals surface area contributed by atoms with Crippen LogP contribution in [0.4, 0.5) is 0 Å². The summed E-state index contributed by atoms with van der Waals surface area (Å²) in [6.07, 6.45) is 1.15. The topological polar surface area (TPSA) is 77.1 Å². The summed E-state index contributed by atoms with van der Waals surface area (Å²) in [5, 5.41) is 2.65. The van der Waals surface area contributed by atoms with E-state index in [0.29, 0.717) is 36.6 Å². The van der Waals surface area contributed by atoms with Gasteiger partial charge in [-0.3, -0.25) is 9.59 Å². The molecule has 0 aliphatic carbocycles. The summed E-state index contributed by atoms with van der Waals surface area (Å²) in [7, 11) is 4.67. The third-order valence-corrected chi connectivity index (χ3v) is 4.80. The largest absolute Gasteiger partial charge is 0.496 e. The Hall–Kier alpha value is -3.22. The van der Waals surface area contributed by atoms with E-state index in [9.17, 15) is 9.59 Å². The highest BCUT2D eigenvalue weighted by molar-refractivity contribution is 5.88. The van der Waals surface area contributed by atoms with Gasteiger partial charge in [-0.25, -0.2) is 0 Å². The number of rotatable bonds is 11. The summed E-state index contributed by atoms with van der Waals surface area (Å²) in [6.45, 7) is 2.11. The van der Waals surface area contributed by atoms with Crippen molar-refractivity contribution in [1.29, 1.82) is 0 Å². The van der Waals surface area contributed by atoms with E-state index in [4.69, 9.17) is 14.2 Å². The molecule has 0 spiro atoms. The molecule has 7 nitrogen and oxygen atoms in total. The Labute approximate surface area is 177 Å². The van der Waals surface area contributed by atoms with Gasteiger partial charge in [0.15, 0.2) is 6.61 Å². The smallest absolute Gasteiger partial charge is 0.261 e. The lowest BCUT2D eigenvalue weighted by molar-refractivity contribution is -0.142. The maximum absolute atomic E-state index is 13.0. The summed E-state index contributed by atoms with van der Waals surface area (Å²) >= 11 is 0. The Morgan fingerprint density at radius 2 is 1.60 bits per heavy atom. The van der Waals surface area contributed by atoms with Crippen molar-refractivity contribution in [2.45, 2.75) is 25.8 Å². The Balaban J connectivity index is 2.14. The Bertz CT molecular complexity index is 803. The molecule has 0 radical (unpaired) electrons. The minimum absolute atomic E-state index is 0.193. The monoisotopic (exact) mass is 414 g/mol. The first-order valence-corrected chi connectivity index (χ1v) is 9.93. The zero-order valence-corrected chi connectivity index (χ0v) is 18.0. The number of likely N-dealkylation sites (N-methyl/N-ethyl adjacent to an activating group) is 1. The average molecular weight is 415 g/mol. The van der Waals surface area contributed by atoms with Crippen LogP contribution in [0.15, 0.2) is 48.5 Å². The molecule has 0 aliphatic heterocycles. The van der Waals surface area contributed by atoms with Crippen molar-refractivity contribution in [1.82, 2.24) is 10.2 Å². The first-order chi connectivity index (χ1) is 14.5. The van der Waals surface area contributed by atoms with Crippen molar-refractivity contribution in [3.8, 4) is 17.2 Å². The maximum Gasteiger partial charge on any atom is 0.261 e. The van der Waals surface area contributed by atoms with E-state index in [-0.39, 0.29) is 18.4 Å². The summed E-state index contributed by atoms with van der Waals surface area (Å²) < 4.78 is 16.2. The van der Waals surface area contributed by atoms with Crippen LogP contribution in [0, 0.1) is 0 Å². The molecule has 0 heterocycles. The molecule has 0 fully saturated rings. The molecule has 1 N–H and O–H groups in total. The SMILES string of the molecule is CCC(C(=O)NC)N(CCc1ccccc1)C(=O)COc1cc(OC)cc(OC)c1. The third-order valence-electron chi connectivity index (χ3n) is 4.80. The lowest BCUT2D eigenvalue weighted by Crippen LogP contribution is -2.50. The van der Waals surface area contributed by atoms with Crippen LogP contribution in [0.3, 0.4) is 0 Å². The number of ether oxygens (including phenoxy) is 3. The lowest BCUT2D eigenvalue weighted by Gasteiger charge is -2.30. The fraction of sp³-hybridized carbons (Fsp3) is 0.391. The number of carbonyl (C=O) groups excluding carboxylic acids is 2. The summed E-state index contributed by atoms with van der Waals surface area (Å²) in [4.78, 5) is 27.0. The number of nitrogens with one attached hydrogen (secondary N) is 1. The Morgan fingerprint density at radius 1 is 1.00 bits per heavy atom. The number of benzene rings is 2. The summed E-state index contributed by atoms with van der Waals surface area (Å²) in [6, 6.07) is 14.4. The second-order valence-corrected chi connectivity index (χ2v) is 6.70. The Kier molecular flexibility index (Phi) is 9.00. The van der Waals surface area contributed by atoms with Crippen LogP contribution in [0.25, 0.3) is 0 Å². The lowest BCUT2D eigenvalue weighted by atomic mass is 10.1. The van der Waals surface area contributed by atoms with Gasteiger partial charge >= 0.3 is 0 Å². The predicted molar refractivity (Wildman–Crippen MR) is 115 cm³/mol. The third kappa shape index (κ3) is 6.40. The van der Waals surface area contributed by atoms with Gasteiger partial charge in [0.05, 0.1) is 14.2 Å². The van der Waals surface area contributed by atoms with Crippen molar-refractivity contribution in [3.05, 3.63) is 54.1 Å². The molecule has 2 rings (SSSR count). The van der Waals surface area contributed by atoms with Crippen LogP contribution >= 0.6 is 0 Å². The minimum Gasteiger partial charge on any atom is -0.496 e. The van der Waals surface area contributed by atoms with Gasteiger partial charge in [-0.05, 0) is 18.4 Å². The summed E-state index contributed by atoms with van der Waals surface area (Å²) in [5.41, 5.74) is 1.10. The number of hydrogen-bond donors (Lipinski definition) is 1. The van der Waals surface area contributed by atoms with Crippen LogP contribution in [-0.2, 0) is 16.0 Å². The van der Waals surface area contributed by atoms with Gasteiger partial charge in [0.1, 0.15) is 23.3 Å². The van der Waals surface area contributed by atoms with Gasteiger partial charge in [-0.15, -0.1) is 0 Å². The molecule has 2 amide bonds. The second kappa shape index (κ2) is 11.7. The van der Waals surface area contributed by atoms with E-state index in [1.807, 2.05) is 37.3 Å². The van der Waals surface area contributed by atoms with E-state index >= 15 is 0 Å². The van der Waals surface area contributed by atoms with Crippen molar-refractivity contribution < 1.29 is 23.8 Å². The molecule has 30 heavy (non-hydrogen) atoms. The molecule has 162 valence electrons. The van der Waals surface area contributed by atoms with Crippen LogP contribution in [-0.4, -0.2) is 57.2 Å². The number of hydrogen-bond acceptors (Lipinski definition) is 5. The zero-order chi connectivity index (χ0) is 21.9. The number of nitrogens with zero attached hydrogens (tertiary/aromatic N) is 1. The highest BCUT2D eigenvalue weighted by Crippen LogP contribution is 2.27. The number of methoxy groups -OCH3 is 2. The highest BCUT2D eigenvalue weighted by atomic mass is 16.5. The van der Waals surface area contributed by atoms with Crippen LogP contribution in [0.2, 0.25) is 0 Å². The van der Waals surface area contributed by atoms with Gasteiger partial charge in [-0.2, -0.15) is 0 Å². The minimum atomic E-state index is -0.561. The Morgan fingerprint density at radius 3 is 2.13 bits per heavy atom. The van der Waals surface area contributed by atoms with Gasteiger partial charge < -0.3 is 24.4 Å².